The van der Waals surface area contributed by atoms with E-state index >= 15 is 0 Å². The van der Waals surface area contributed by atoms with E-state index in [1.807, 2.05) is 0 Å². The molecule has 6 heteroatoms. The SMILES string of the molecule is O=C1CCC(CNC(=O)[C@@H]2CCC[C@@H]2C(=O)O)N1. The van der Waals surface area contributed by atoms with Crippen LogP contribution in [0.5, 0.6) is 0 Å². The van der Waals surface area contributed by atoms with Crippen LogP contribution in [0.2, 0.25) is 0 Å². The normalized spacial score (nSPS) is 31.1. The summed E-state index contributed by atoms with van der Waals surface area (Å²) in [6.07, 6.45) is 3.23. The molecular formula is C12H18N2O4. The molecular weight excluding hydrogens is 236 g/mol. The number of rotatable bonds is 4. The molecule has 3 N–H and O–H groups in total. The third kappa shape index (κ3) is 2.80. The van der Waals surface area contributed by atoms with Gasteiger partial charge in [0.2, 0.25) is 11.8 Å². The van der Waals surface area contributed by atoms with Gasteiger partial charge in [0.25, 0.3) is 0 Å². The molecule has 1 aliphatic heterocycles. The Morgan fingerprint density at radius 1 is 1.28 bits per heavy atom. The van der Waals surface area contributed by atoms with Crippen LogP contribution < -0.4 is 10.6 Å². The average Bonchev–Trinajstić information content (AvgIpc) is 2.94. The van der Waals surface area contributed by atoms with Gasteiger partial charge in [-0.2, -0.15) is 0 Å². The first-order valence-corrected chi connectivity index (χ1v) is 6.38. The molecule has 0 aromatic carbocycles. The van der Waals surface area contributed by atoms with Gasteiger partial charge in [-0.3, -0.25) is 14.4 Å². The van der Waals surface area contributed by atoms with Gasteiger partial charge in [0.1, 0.15) is 0 Å². The third-order valence-electron chi connectivity index (χ3n) is 3.78. The lowest BCUT2D eigenvalue weighted by molar-refractivity contribution is -0.146. The Hall–Kier alpha value is -1.59. The largest absolute Gasteiger partial charge is 0.481 e. The quantitative estimate of drug-likeness (QED) is 0.652. The number of nitrogens with one attached hydrogen (secondary N) is 2. The highest BCUT2D eigenvalue weighted by Crippen LogP contribution is 2.32. The van der Waals surface area contributed by atoms with Crippen LogP contribution in [0.15, 0.2) is 0 Å². The van der Waals surface area contributed by atoms with Crippen LogP contribution >= 0.6 is 0 Å². The molecule has 0 aromatic heterocycles. The molecule has 18 heavy (non-hydrogen) atoms. The minimum atomic E-state index is -0.887. The second-order valence-electron chi connectivity index (χ2n) is 5.03. The zero-order chi connectivity index (χ0) is 13.1. The fraction of sp³-hybridized carbons (Fsp3) is 0.750. The van der Waals surface area contributed by atoms with E-state index in [9.17, 15) is 14.4 Å². The van der Waals surface area contributed by atoms with E-state index in [-0.39, 0.29) is 17.9 Å². The lowest BCUT2D eigenvalue weighted by Gasteiger charge is -2.17. The number of hydrogen-bond donors (Lipinski definition) is 3. The second kappa shape index (κ2) is 5.37. The van der Waals surface area contributed by atoms with Crippen molar-refractivity contribution >= 4 is 17.8 Å². The summed E-state index contributed by atoms with van der Waals surface area (Å²) in [4.78, 5) is 33.9. The molecule has 1 saturated heterocycles. The highest BCUT2D eigenvalue weighted by molar-refractivity contribution is 5.85. The summed E-state index contributed by atoms with van der Waals surface area (Å²) in [5.74, 6) is -2.04. The van der Waals surface area contributed by atoms with Gasteiger partial charge in [0.05, 0.1) is 11.8 Å². The molecule has 2 amide bonds. The summed E-state index contributed by atoms with van der Waals surface area (Å²) in [5, 5.41) is 14.5. The minimum absolute atomic E-state index is 0.00821. The monoisotopic (exact) mass is 254 g/mol. The van der Waals surface area contributed by atoms with Crippen LogP contribution in [0.1, 0.15) is 32.1 Å². The highest BCUT2D eigenvalue weighted by atomic mass is 16.4. The lowest BCUT2D eigenvalue weighted by atomic mass is 9.95. The van der Waals surface area contributed by atoms with Gasteiger partial charge in [-0.25, -0.2) is 0 Å². The smallest absolute Gasteiger partial charge is 0.307 e. The predicted molar refractivity (Wildman–Crippen MR) is 62.6 cm³/mol. The van der Waals surface area contributed by atoms with Crippen molar-refractivity contribution in [1.29, 1.82) is 0 Å². The molecule has 2 rings (SSSR count). The van der Waals surface area contributed by atoms with E-state index in [0.29, 0.717) is 25.8 Å². The van der Waals surface area contributed by atoms with Crippen LogP contribution in [0.4, 0.5) is 0 Å². The van der Waals surface area contributed by atoms with Gasteiger partial charge in [-0.15, -0.1) is 0 Å². The number of amides is 2. The van der Waals surface area contributed by atoms with Crippen molar-refractivity contribution in [1.82, 2.24) is 10.6 Å². The molecule has 0 bridgehead atoms. The van der Waals surface area contributed by atoms with Crippen molar-refractivity contribution < 1.29 is 19.5 Å². The molecule has 1 unspecified atom stereocenters. The summed E-state index contributed by atoms with van der Waals surface area (Å²) < 4.78 is 0. The Kier molecular flexibility index (Phi) is 3.84. The summed E-state index contributed by atoms with van der Waals surface area (Å²) in [7, 11) is 0. The van der Waals surface area contributed by atoms with Gasteiger partial charge in [-0.1, -0.05) is 6.42 Å². The van der Waals surface area contributed by atoms with E-state index in [4.69, 9.17) is 5.11 Å². The predicted octanol–water partition coefficient (Wildman–Crippen LogP) is -0.118. The fourth-order valence-electron chi connectivity index (χ4n) is 2.75. The van der Waals surface area contributed by atoms with Crippen molar-refractivity contribution in [3.63, 3.8) is 0 Å². The zero-order valence-corrected chi connectivity index (χ0v) is 10.1. The number of hydrogen-bond acceptors (Lipinski definition) is 3. The number of carboxylic acid groups (broad SMARTS) is 1. The van der Waals surface area contributed by atoms with E-state index in [1.54, 1.807) is 0 Å². The first-order valence-electron chi connectivity index (χ1n) is 6.38. The Morgan fingerprint density at radius 3 is 2.61 bits per heavy atom. The molecule has 1 saturated carbocycles. The van der Waals surface area contributed by atoms with E-state index < -0.39 is 17.8 Å². The summed E-state index contributed by atoms with van der Waals surface area (Å²) >= 11 is 0. The average molecular weight is 254 g/mol. The maximum absolute atomic E-state index is 11.9. The van der Waals surface area contributed by atoms with Crippen molar-refractivity contribution in [2.45, 2.75) is 38.1 Å². The lowest BCUT2D eigenvalue weighted by Crippen LogP contribution is -2.42. The number of aliphatic carboxylic acids is 1. The first-order chi connectivity index (χ1) is 8.58. The molecule has 3 atom stereocenters. The Morgan fingerprint density at radius 2 is 2.00 bits per heavy atom. The van der Waals surface area contributed by atoms with Crippen LogP contribution in [0, 0.1) is 11.8 Å². The van der Waals surface area contributed by atoms with Crippen LogP contribution in [-0.2, 0) is 14.4 Å². The van der Waals surface area contributed by atoms with Crippen molar-refractivity contribution in [3.05, 3.63) is 0 Å². The van der Waals surface area contributed by atoms with Crippen molar-refractivity contribution in [2.24, 2.45) is 11.8 Å². The minimum Gasteiger partial charge on any atom is -0.481 e. The van der Waals surface area contributed by atoms with Gasteiger partial charge in [0, 0.05) is 19.0 Å². The van der Waals surface area contributed by atoms with Crippen molar-refractivity contribution in [3.8, 4) is 0 Å². The third-order valence-corrected chi connectivity index (χ3v) is 3.78. The van der Waals surface area contributed by atoms with E-state index in [2.05, 4.69) is 10.6 Å². The summed E-state index contributed by atoms with van der Waals surface area (Å²) in [6, 6.07) is -0.00821. The molecule has 0 aromatic rings. The van der Waals surface area contributed by atoms with Crippen LogP contribution in [0.3, 0.4) is 0 Å². The first kappa shape index (κ1) is 12.9. The Balaban J connectivity index is 1.80. The summed E-state index contributed by atoms with van der Waals surface area (Å²) in [5.41, 5.74) is 0. The Bertz CT molecular complexity index is 369. The zero-order valence-electron chi connectivity index (χ0n) is 10.1. The van der Waals surface area contributed by atoms with Gasteiger partial charge in [-0.05, 0) is 19.3 Å². The van der Waals surface area contributed by atoms with E-state index in [0.717, 1.165) is 12.8 Å². The Labute approximate surface area is 105 Å². The molecule has 0 radical (unpaired) electrons. The molecule has 0 spiro atoms. The van der Waals surface area contributed by atoms with Crippen LogP contribution in [-0.4, -0.2) is 35.5 Å². The molecule has 2 aliphatic rings. The topological polar surface area (TPSA) is 95.5 Å². The fourth-order valence-corrected chi connectivity index (χ4v) is 2.75. The molecule has 2 fully saturated rings. The van der Waals surface area contributed by atoms with E-state index in [1.165, 1.54) is 0 Å². The number of carbonyl (C=O) groups excluding carboxylic acids is 2. The van der Waals surface area contributed by atoms with Gasteiger partial charge < -0.3 is 15.7 Å². The van der Waals surface area contributed by atoms with Crippen molar-refractivity contribution in [2.75, 3.05) is 6.54 Å². The molecule has 100 valence electrons. The molecule has 1 aliphatic carbocycles. The number of carbonyl (C=O) groups is 3. The van der Waals surface area contributed by atoms with Crippen LogP contribution in [0.25, 0.3) is 0 Å². The summed E-state index contributed by atoms with van der Waals surface area (Å²) in [6.45, 7) is 0.396. The maximum Gasteiger partial charge on any atom is 0.307 e. The second-order valence-corrected chi connectivity index (χ2v) is 5.03. The molecule has 1 heterocycles. The van der Waals surface area contributed by atoms with Gasteiger partial charge in [0.15, 0.2) is 0 Å². The highest BCUT2D eigenvalue weighted by Gasteiger charge is 2.37. The molecule has 6 nitrogen and oxygen atoms in total. The maximum atomic E-state index is 11.9. The standard InChI is InChI=1S/C12H18N2O4/c15-10-5-4-7(14-10)6-13-11(16)8-2-1-3-9(8)12(17)18/h7-9H,1-6H2,(H,13,16)(H,14,15)(H,17,18)/t7?,8-,9+/m1/s1. The van der Waals surface area contributed by atoms with Gasteiger partial charge >= 0.3 is 5.97 Å². The number of carboxylic acids is 1.